The Hall–Kier alpha value is -2.43. The van der Waals surface area contributed by atoms with Crippen molar-refractivity contribution >= 4 is 56.2 Å². The van der Waals surface area contributed by atoms with Gasteiger partial charge in [-0.15, -0.1) is 11.3 Å². The van der Waals surface area contributed by atoms with E-state index in [0.29, 0.717) is 4.34 Å². The number of sulfonamides is 1. The van der Waals surface area contributed by atoms with Crippen LogP contribution in [0.3, 0.4) is 0 Å². The van der Waals surface area contributed by atoms with Crippen molar-refractivity contribution in [2.45, 2.75) is 20.3 Å². The molecule has 1 aromatic heterocycles. The molecule has 0 fully saturated rings. The van der Waals surface area contributed by atoms with E-state index in [0.717, 1.165) is 15.8 Å². The zero-order valence-corrected chi connectivity index (χ0v) is 19.2. The minimum absolute atomic E-state index is 0.00813. The van der Waals surface area contributed by atoms with Gasteiger partial charge in [-0.3, -0.25) is 14.3 Å². The first kappa shape index (κ1) is 23.2. The molecule has 1 aromatic carbocycles. The smallest absolute Gasteiger partial charge is 0.275 e. The predicted molar refractivity (Wildman–Crippen MR) is 120 cm³/mol. The fourth-order valence-corrected chi connectivity index (χ4v) is 5.13. The van der Waals surface area contributed by atoms with Crippen LogP contribution in [0.2, 0.25) is 4.34 Å². The lowest BCUT2D eigenvalue weighted by atomic mass is 10.2. The van der Waals surface area contributed by atoms with Crippen LogP contribution >= 0.6 is 22.9 Å². The number of amides is 2. The zero-order chi connectivity index (χ0) is 22.8. The van der Waals surface area contributed by atoms with E-state index >= 15 is 0 Å². The molecule has 31 heavy (non-hydrogen) atoms. The number of hydrogen-bond acceptors (Lipinski definition) is 5. The van der Waals surface area contributed by atoms with Gasteiger partial charge in [0.25, 0.3) is 5.91 Å². The van der Waals surface area contributed by atoms with E-state index in [1.807, 2.05) is 0 Å². The summed E-state index contributed by atoms with van der Waals surface area (Å²) in [5.74, 6) is -2.10. The van der Waals surface area contributed by atoms with Crippen molar-refractivity contribution in [2.24, 2.45) is 5.92 Å². The van der Waals surface area contributed by atoms with Crippen LogP contribution in [-0.4, -0.2) is 32.5 Å². The van der Waals surface area contributed by atoms with Gasteiger partial charge < -0.3 is 10.2 Å². The van der Waals surface area contributed by atoms with E-state index < -0.39 is 21.7 Å². The summed E-state index contributed by atoms with van der Waals surface area (Å²) in [6.07, 6.45) is 1.66. The van der Waals surface area contributed by atoms with Crippen LogP contribution in [0, 0.1) is 11.7 Å². The summed E-state index contributed by atoms with van der Waals surface area (Å²) in [6, 6.07) is 7.42. The molecule has 1 aliphatic rings. The number of carbonyl (C=O) groups is 2. The van der Waals surface area contributed by atoms with Gasteiger partial charge in [-0.2, -0.15) is 0 Å². The summed E-state index contributed by atoms with van der Waals surface area (Å²) in [5, 5.41) is 2.59. The number of benzene rings is 1. The molecule has 0 unspecified atom stereocenters. The van der Waals surface area contributed by atoms with E-state index in [-0.39, 0.29) is 47.6 Å². The van der Waals surface area contributed by atoms with Crippen molar-refractivity contribution in [3.05, 3.63) is 57.1 Å². The fourth-order valence-electron chi connectivity index (χ4n) is 2.82. The third-order valence-electron chi connectivity index (χ3n) is 4.50. The number of hydrogen-bond donors (Lipinski definition) is 2. The Labute approximate surface area is 188 Å². The Balaban J connectivity index is 1.64. The van der Waals surface area contributed by atoms with Gasteiger partial charge >= 0.3 is 0 Å². The van der Waals surface area contributed by atoms with Gasteiger partial charge in [-0.05, 0) is 42.8 Å². The summed E-state index contributed by atoms with van der Waals surface area (Å²) in [4.78, 5) is 26.3. The van der Waals surface area contributed by atoms with Gasteiger partial charge in [-0.1, -0.05) is 25.4 Å². The van der Waals surface area contributed by atoms with Crippen molar-refractivity contribution < 1.29 is 22.4 Å². The highest BCUT2D eigenvalue weighted by atomic mass is 35.5. The van der Waals surface area contributed by atoms with E-state index in [9.17, 15) is 22.4 Å². The lowest BCUT2D eigenvalue weighted by Gasteiger charge is -2.18. The average molecular weight is 486 g/mol. The second-order valence-corrected chi connectivity index (χ2v) is 10.9. The first-order valence-corrected chi connectivity index (χ1v) is 12.3. The van der Waals surface area contributed by atoms with Gasteiger partial charge in [-0.25, -0.2) is 12.8 Å². The number of nitrogens with one attached hydrogen (secondary N) is 2. The molecule has 7 nitrogen and oxygen atoms in total. The molecule has 0 spiro atoms. The lowest BCUT2D eigenvalue weighted by Crippen LogP contribution is -2.34. The topological polar surface area (TPSA) is 95.6 Å². The van der Waals surface area contributed by atoms with Crippen LogP contribution in [0.1, 0.15) is 18.7 Å². The third-order valence-corrected chi connectivity index (χ3v) is 7.06. The molecule has 3 rings (SSSR count). The molecule has 0 bridgehead atoms. The second-order valence-electron chi connectivity index (χ2n) is 7.22. The largest absolute Gasteiger partial charge is 0.326 e. The predicted octanol–water partition coefficient (Wildman–Crippen LogP) is 3.53. The third kappa shape index (κ3) is 5.84. The SMILES string of the molecule is CC(C)C(=O)Nc1ccc(N2CC=C(NS(=O)(=O)CCc3ccc(Cl)s3)C2=O)c(F)c1. The van der Waals surface area contributed by atoms with Crippen LogP contribution in [0.4, 0.5) is 15.8 Å². The molecule has 2 N–H and O–H groups in total. The van der Waals surface area contributed by atoms with E-state index in [1.165, 1.54) is 29.5 Å². The minimum Gasteiger partial charge on any atom is -0.326 e. The Morgan fingerprint density at radius 1 is 1.29 bits per heavy atom. The van der Waals surface area contributed by atoms with Gasteiger partial charge in [0, 0.05) is 23.0 Å². The molecular weight excluding hydrogens is 465 g/mol. The zero-order valence-electron chi connectivity index (χ0n) is 16.8. The molecular formula is C20H21ClFN3O4S2. The number of rotatable bonds is 8. The number of halogens is 2. The summed E-state index contributed by atoms with van der Waals surface area (Å²) >= 11 is 7.14. The highest BCUT2D eigenvalue weighted by Crippen LogP contribution is 2.27. The molecule has 0 saturated carbocycles. The molecule has 2 aromatic rings. The average Bonchev–Trinajstić information content (AvgIpc) is 3.26. The Morgan fingerprint density at radius 2 is 2.03 bits per heavy atom. The number of nitrogens with zero attached hydrogens (tertiary/aromatic N) is 1. The van der Waals surface area contributed by atoms with Gasteiger partial charge in [0.05, 0.1) is 15.8 Å². The Kier molecular flexibility index (Phi) is 7.03. The van der Waals surface area contributed by atoms with E-state index in [4.69, 9.17) is 11.6 Å². The van der Waals surface area contributed by atoms with Crippen LogP contribution < -0.4 is 14.9 Å². The second kappa shape index (κ2) is 9.37. The maximum absolute atomic E-state index is 14.6. The Morgan fingerprint density at radius 3 is 2.65 bits per heavy atom. The normalized spacial score (nSPS) is 14.2. The molecule has 2 amide bonds. The summed E-state index contributed by atoms with van der Waals surface area (Å²) in [6.45, 7) is 3.45. The highest BCUT2D eigenvalue weighted by Gasteiger charge is 2.30. The number of thiophene rings is 1. The molecule has 0 radical (unpaired) electrons. The summed E-state index contributed by atoms with van der Waals surface area (Å²) in [7, 11) is -3.77. The molecule has 166 valence electrons. The minimum atomic E-state index is -3.77. The maximum atomic E-state index is 14.6. The summed E-state index contributed by atoms with van der Waals surface area (Å²) < 4.78 is 42.2. The molecule has 1 aliphatic heterocycles. The number of anilines is 2. The maximum Gasteiger partial charge on any atom is 0.275 e. The van der Waals surface area contributed by atoms with Crippen LogP contribution in [-0.2, 0) is 26.0 Å². The lowest BCUT2D eigenvalue weighted by molar-refractivity contribution is -0.119. The van der Waals surface area contributed by atoms with Gasteiger partial charge in [0.2, 0.25) is 15.9 Å². The van der Waals surface area contributed by atoms with E-state index in [2.05, 4.69) is 10.0 Å². The van der Waals surface area contributed by atoms with Crippen molar-refractivity contribution in [3.63, 3.8) is 0 Å². The quantitative estimate of drug-likeness (QED) is 0.598. The van der Waals surface area contributed by atoms with Gasteiger partial charge in [0.15, 0.2) is 0 Å². The monoisotopic (exact) mass is 485 g/mol. The van der Waals surface area contributed by atoms with Crippen LogP contribution in [0.15, 0.2) is 42.1 Å². The number of aryl methyl sites for hydroxylation is 1. The van der Waals surface area contributed by atoms with Crippen molar-refractivity contribution in [2.75, 3.05) is 22.5 Å². The summed E-state index contributed by atoms with van der Waals surface area (Å²) in [5.41, 5.74) is 0.140. The molecule has 2 heterocycles. The Bertz CT molecular complexity index is 1150. The van der Waals surface area contributed by atoms with Crippen LogP contribution in [0.5, 0.6) is 0 Å². The van der Waals surface area contributed by atoms with Crippen LogP contribution in [0.25, 0.3) is 0 Å². The standard InChI is InChI=1S/C20H21ClFN3O4S2/c1-12(2)19(26)23-13-3-5-17(15(22)11-13)25-9-7-16(20(25)27)24-31(28,29)10-8-14-4-6-18(21)30-14/h3-7,11-12,24H,8-10H2,1-2H3,(H,23,26). The highest BCUT2D eigenvalue weighted by molar-refractivity contribution is 7.89. The van der Waals surface area contributed by atoms with Crippen molar-refractivity contribution in [1.82, 2.24) is 4.72 Å². The first-order chi connectivity index (χ1) is 14.6. The molecule has 11 heteroatoms. The van der Waals surface area contributed by atoms with E-state index in [1.54, 1.807) is 26.0 Å². The first-order valence-electron chi connectivity index (χ1n) is 9.43. The number of carbonyl (C=O) groups excluding carboxylic acids is 2. The van der Waals surface area contributed by atoms with Crippen molar-refractivity contribution in [1.29, 1.82) is 0 Å². The molecule has 0 atom stereocenters. The molecule has 0 aliphatic carbocycles. The van der Waals surface area contributed by atoms with Crippen molar-refractivity contribution in [3.8, 4) is 0 Å². The van der Waals surface area contributed by atoms with Gasteiger partial charge in [0.1, 0.15) is 11.5 Å². The fraction of sp³-hybridized carbons (Fsp3) is 0.300. The molecule has 0 saturated heterocycles.